The summed E-state index contributed by atoms with van der Waals surface area (Å²) in [7, 11) is 0. The van der Waals surface area contributed by atoms with Gasteiger partial charge in [-0.2, -0.15) is 0 Å². The number of furan rings is 1. The van der Waals surface area contributed by atoms with Crippen LogP contribution in [0.2, 0.25) is 0 Å². The minimum atomic E-state index is -0.235. The Hall–Kier alpha value is -2.82. The second-order valence-electron chi connectivity index (χ2n) is 5.05. The van der Waals surface area contributed by atoms with Gasteiger partial charge in [0.15, 0.2) is 11.5 Å². The second kappa shape index (κ2) is 5.89. The molecule has 5 nitrogen and oxygen atoms in total. The number of rotatable bonds is 4. The number of amides is 1. The van der Waals surface area contributed by atoms with Gasteiger partial charge in [-0.1, -0.05) is 35.5 Å². The molecule has 3 aromatic rings. The van der Waals surface area contributed by atoms with E-state index in [-0.39, 0.29) is 11.9 Å². The molecule has 0 aliphatic rings. The maximum Gasteiger partial charge on any atom is 0.257 e. The van der Waals surface area contributed by atoms with Crippen LogP contribution in [0.1, 0.15) is 34.6 Å². The zero-order chi connectivity index (χ0) is 15.5. The first-order valence-electron chi connectivity index (χ1n) is 7.02. The van der Waals surface area contributed by atoms with Crippen molar-refractivity contribution in [2.45, 2.75) is 19.9 Å². The third-order valence-corrected chi connectivity index (χ3v) is 3.49. The molecule has 2 aromatic heterocycles. The first-order valence-corrected chi connectivity index (χ1v) is 7.02. The van der Waals surface area contributed by atoms with Crippen molar-refractivity contribution >= 4 is 5.91 Å². The zero-order valence-corrected chi connectivity index (χ0v) is 12.4. The van der Waals surface area contributed by atoms with Crippen LogP contribution in [-0.4, -0.2) is 11.1 Å². The molecule has 0 saturated heterocycles. The van der Waals surface area contributed by atoms with E-state index >= 15 is 0 Å². The summed E-state index contributed by atoms with van der Waals surface area (Å²) in [6, 6.07) is 13.1. The Kier molecular flexibility index (Phi) is 3.78. The van der Waals surface area contributed by atoms with E-state index < -0.39 is 0 Å². The molecule has 112 valence electrons. The van der Waals surface area contributed by atoms with Crippen LogP contribution < -0.4 is 5.32 Å². The highest BCUT2D eigenvalue weighted by molar-refractivity contribution is 6.00. The predicted molar refractivity (Wildman–Crippen MR) is 81.3 cm³/mol. The van der Waals surface area contributed by atoms with Gasteiger partial charge in [-0.05, 0) is 31.5 Å². The average molecular weight is 296 g/mol. The lowest BCUT2D eigenvalue weighted by atomic mass is 10.1. The minimum absolute atomic E-state index is 0.118. The van der Waals surface area contributed by atoms with Gasteiger partial charge in [-0.25, -0.2) is 0 Å². The molecule has 0 aliphatic heterocycles. The molecule has 0 radical (unpaired) electrons. The highest BCUT2D eigenvalue weighted by Gasteiger charge is 2.24. The molecule has 2 heterocycles. The summed E-state index contributed by atoms with van der Waals surface area (Å²) in [5, 5.41) is 6.89. The third kappa shape index (κ3) is 2.65. The molecule has 1 amide bonds. The molecule has 0 spiro atoms. The molecule has 0 aliphatic carbocycles. The number of hydrogen-bond acceptors (Lipinski definition) is 4. The van der Waals surface area contributed by atoms with E-state index in [0.717, 1.165) is 5.56 Å². The number of carbonyl (C=O) groups is 1. The van der Waals surface area contributed by atoms with Crippen molar-refractivity contribution in [1.29, 1.82) is 0 Å². The zero-order valence-electron chi connectivity index (χ0n) is 12.4. The molecular weight excluding hydrogens is 280 g/mol. The van der Waals surface area contributed by atoms with Crippen LogP contribution in [0.4, 0.5) is 0 Å². The normalized spacial score (nSPS) is 12.1. The van der Waals surface area contributed by atoms with E-state index in [1.165, 1.54) is 6.26 Å². The average Bonchev–Trinajstić information content (AvgIpc) is 3.17. The smallest absolute Gasteiger partial charge is 0.257 e. The lowest BCUT2D eigenvalue weighted by Crippen LogP contribution is -2.27. The van der Waals surface area contributed by atoms with E-state index in [4.69, 9.17) is 8.94 Å². The molecule has 0 bridgehead atoms. The standard InChI is InChI=1S/C17H16N2O3/c1-11(13-7-4-3-5-8-13)18-17(20)15-12(2)22-19-16(15)14-9-6-10-21-14/h3-11H,1-2H3,(H,18,20). The molecule has 3 rings (SSSR count). The lowest BCUT2D eigenvalue weighted by Gasteiger charge is -2.14. The van der Waals surface area contributed by atoms with E-state index in [1.807, 2.05) is 37.3 Å². The van der Waals surface area contributed by atoms with Crippen molar-refractivity contribution in [1.82, 2.24) is 10.5 Å². The summed E-state index contributed by atoms with van der Waals surface area (Å²) >= 11 is 0. The van der Waals surface area contributed by atoms with Crippen LogP contribution in [0.5, 0.6) is 0 Å². The van der Waals surface area contributed by atoms with E-state index in [1.54, 1.807) is 19.1 Å². The SMILES string of the molecule is Cc1onc(-c2ccco2)c1C(=O)NC(C)c1ccccc1. The predicted octanol–water partition coefficient (Wildman–Crippen LogP) is 3.73. The molecule has 0 fully saturated rings. The second-order valence-corrected chi connectivity index (χ2v) is 5.05. The fourth-order valence-electron chi connectivity index (χ4n) is 2.31. The van der Waals surface area contributed by atoms with Crippen LogP contribution in [-0.2, 0) is 0 Å². The van der Waals surface area contributed by atoms with Crippen LogP contribution >= 0.6 is 0 Å². The van der Waals surface area contributed by atoms with Crippen molar-refractivity contribution in [2.75, 3.05) is 0 Å². The van der Waals surface area contributed by atoms with Crippen molar-refractivity contribution in [3.05, 3.63) is 65.6 Å². The first kappa shape index (κ1) is 14.1. The summed E-state index contributed by atoms with van der Waals surface area (Å²) in [5.74, 6) is 0.736. The molecular formula is C17H16N2O3. The largest absolute Gasteiger partial charge is 0.463 e. The van der Waals surface area contributed by atoms with E-state index in [9.17, 15) is 4.79 Å². The Morgan fingerprint density at radius 2 is 1.95 bits per heavy atom. The molecule has 1 N–H and O–H groups in total. The number of aromatic nitrogens is 1. The Morgan fingerprint density at radius 3 is 2.64 bits per heavy atom. The van der Waals surface area contributed by atoms with Gasteiger partial charge in [0.2, 0.25) is 0 Å². The van der Waals surface area contributed by atoms with Gasteiger partial charge in [-0.3, -0.25) is 4.79 Å². The number of benzene rings is 1. The van der Waals surface area contributed by atoms with Gasteiger partial charge in [0, 0.05) is 0 Å². The topological polar surface area (TPSA) is 68.3 Å². The van der Waals surface area contributed by atoms with E-state index in [0.29, 0.717) is 22.8 Å². The fraction of sp³-hybridized carbons (Fsp3) is 0.176. The molecule has 1 unspecified atom stereocenters. The molecule has 5 heteroatoms. The molecule has 1 aromatic carbocycles. The van der Waals surface area contributed by atoms with Crippen molar-refractivity contribution in [2.24, 2.45) is 0 Å². The summed E-state index contributed by atoms with van der Waals surface area (Å²) < 4.78 is 10.5. The number of aryl methyl sites for hydroxylation is 1. The monoisotopic (exact) mass is 296 g/mol. The third-order valence-electron chi connectivity index (χ3n) is 3.49. The Balaban J connectivity index is 1.86. The van der Waals surface area contributed by atoms with Crippen LogP contribution in [0.25, 0.3) is 11.5 Å². The maximum atomic E-state index is 12.6. The number of hydrogen-bond donors (Lipinski definition) is 1. The lowest BCUT2D eigenvalue weighted by molar-refractivity contribution is 0.0938. The van der Waals surface area contributed by atoms with Crippen LogP contribution in [0.3, 0.4) is 0 Å². The Labute approximate surface area is 127 Å². The Morgan fingerprint density at radius 1 is 1.18 bits per heavy atom. The van der Waals surface area contributed by atoms with Gasteiger partial charge < -0.3 is 14.3 Å². The molecule has 22 heavy (non-hydrogen) atoms. The first-order chi connectivity index (χ1) is 10.7. The summed E-state index contributed by atoms with van der Waals surface area (Å²) in [4.78, 5) is 12.6. The summed E-state index contributed by atoms with van der Waals surface area (Å²) in [6.45, 7) is 3.64. The minimum Gasteiger partial charge on any atom is -0.463 e. The highest BCUT2D eigenvalue weighted by atomic mass is 16.5. The van der Waals surface area contributed by atoms with Gasteiger partial charge in [-0.15, -0.1) is 0 Å². The number of nitrogens with one attached hydrogen (secondary N) is 1. The summed E-state index contributed by atoms with van der Waals surface area (Å²) in [6.07, 6.45) is 1.54. The van der Waals surface area contributed by atoms with Gasteiger partial charge in [0.05, 0.1) is 12.3 Å². The Bertz CT molecular complexity index is 761. The maximum absolute atomic E-state index is 12.6. The van der Waals surface area contributed by atoms with Gasteiger partial charge >= 0.3 is 0 Å². The summed E-state index contributed by atoms with van der Waals surface area (Å²) in [5.41, 5.74) is 1.85. The van der Waals surface area contributed by atoms with Crippen molar-refractivity contribution < 1.29 is 13.7 Å². The highest BCUT2D eigenvalue weighted by Crippen LogP contribution is 2.26. The van der Waals surface area contributed by atoms with Crippen molar-refractivity contribution in [3.8, 4) is 11.5 Å². The number of nitrogens with zero attached hydrogens (tertiary/aromatic N) is 1. The molecule has 0 saturated carbocycles. The van der Waals surface area contributed by atoms with Gasteiger partial charge in [0.25, 0.3) is 5.91 Å². The van der Waals surface area contributed by atoms with Crippen LogP contribution in [0, 0.1) is 6.92 Å². The fourth-order valence-corrected chi connectivity index (χ4v) is 2.31. The van der Waals surface area contributed by atoms with Crippen molar-refractivity contribution in [3.63, 3.8) is 0 Å². The quantitative estimate of drug-likeness (QED) is 0.796. The molecule has 1 atom stereocenters. The van der Waals surface area contributed by atoms with E-state index in [2.05, 4.69) is 10.5 Å². The number of carbonyl (C=O) groups excluding carboxylic acids is 1. The van der Waals surface area contributed by atoms with Crippen LogP contribution in [0.15, 0.2) is 57.7 Å². The van der Waals surface area contributed by atoms with Gasteiger partial charge in [0.1, 0.15) is 11.3 Å².